The third-order valence-corrected chi connectivity index (χ3v) is 3.30. The second-order valence-electron chi connectivity index (χ2n) is 3.81. The molecule has 0 atom stereocenters. The van der Waals surface area contributed by atoms with Crippen LogP contribution < -0.4 is 4.74 Å². The summed E-state index contributed by atoms with van der Waals surface area (Å²) in [6, 6.07) is 7.82. The van der Waals surface area contributed by atoms with Gasteiger partial charge in [0.2, 0.25) is 0 Å². The van der Waals surface area contributed by atoms with Crippen LogP contribution in [0.5, 0.6) is 5.75 Å². The van der Waals surface area contributed by atoms with Crippen LogP contribution in [0.1, 0.15) is 0 Å². The second kappa shape index (κ2) is 4.42. The number of imidazole rings is 1. The molecule has 0 saturated carbocycles. The first-order chi connectivity index (χ1) is 8.78. The van der Waals surface area contributed by atoms with Crippen LogP contribution in [0, 0.1) is 0 Å². The summed E-state index contributed by atoms with van der Waals surface area (Å²) in [6.07, 6.45) is 5.45. The molecule has 0 fully saturated rings. The lowest BCUT2D eigenvalue weighted by Gasteiger charge is -2.05. The topological polar surface area (TPSA) is 39.4 Å². The van der Waals surface area contributed by atoms with E-state index in [1.54, 1.807) is 19.5 Å². The molecule has 0 unspecified atom stereocenters. The van der Waals surface area contributed by atoms with E-state index in [2.05, 4.69) is 25.9 Å². The van der Waals surface area contributed by atoms with E-state index in [0.717, 1.165) is 27.3 Å². The maximum absolute atomic E-state index is 5.22. The van der Waals surface area contributed by atoms with E-state index in [-0.39, 0.29) is 0 Å². The highest BCUT2D eigenvalue weighted by Crippen LogP contribution is 2.23. The molecular weight excluding hydrogens is 294 g/mol. The molecule has 1 aromatic carbocycles. The molecule has 0 aliphatic heterocycles. The van der Waals surface area contributed by atoms with Crippen molar-refractivity contribution >= 4 is 21.6 Å². The van der Waals surface area contributed by atoms with Gasteiger partial charge in [-0.05, 0) is 28.1 Å². The number of halogens is 1. The summed E-state index contributed by atoms with van der Waals surface area (Å²) < 4.78 is 8.07. The van der Waals surface area contributed by atoms with Crippen LogP contribution in [0.15, 0.2) is 47.5 Å². The van der Waals surface area contributed by atoms with E-state index in [1.807, 2.05) is 34.9 Å². The smallest absolute Gasteiger partial charge is 0.156 e. The van der Waals surface area contributed by atoms with Crippen LogP contribution >= 0.6 is 15.9 Å². The summed E-state index contributed by atoms with van der Waals surface area (Å²) in [5, 5.41) is 0. The summed E-state index contributed by atoms with van der Waals surface area (Å²) in [7, 11) is 1.65. The first-order valence-electron chi connectivity index (χ1n) is 5.41. The minimum atomic E-state index is 0.813. The molecule has 90 valence electrons. The van der Waals surface area contributed by atoms with Gasteiger partial charge in [-0.25, -0.2) is 4.98 Å². The zero-order valence-electron chi connectivity index (χ0n) is 9.67. The highest BCUT2D eigenvalue weighted by molar-refractivity contribution is 9.10. The Morgan fingerprint density at radius 1 is 1.22 bits per heavy atom. The van der Waals surface area contributed by atoms with E-state index in [4.69, 9.17) is 4.74 Å². The molecule has 4 nitrogen and oxygen atoms in total. The van der Waals surface area contributed by atoms with Gasteiger partial charge in [-0.15, -0.1) is 0 Å². The van der Waals surface area contributed by atoms with Crippen molar-refractivity contribution in [2.24, 2.45) is 0 Å². The number of aromatic nitrogens is 3. The minimum Gasteiger partial charge on any atom is -0.497 e. The van der Waals surface area contributed by atoms with Gasteiger partial charge >= 0.3 is 0 Å². The molecule has 0 amide bonds. The van der Waals surface area contributed by atoms with Crippen LogP contribution in [0.4, 0.5) is 0 Å². The summed E-state index contributed by atoms with van der Waals surface area (Å²) in [5.41, 5.74) is 2.70. The molecule has 0 N–H and O–H groups in total. The van der Waals surface area contributed by atoms with Gasteiger partial charge in [0.05, 0.1) is 25.2 Å². The number of nitrogens with zero attached hydrogens (tertiary/aromatic N) is 3. The predicted octanol–water partition coefficient (Wildman–Crippen LogP) is 3.17. The van der Waals surface area contributed by atoms with E-state index >= 15 is 0 Å². The molecule has 2 heterocycles. The molecule has 18 heavy (non-hydrogen) atoms. The van der Waals surface area contributed by atoms with Gasteiger partial charge in [0, 0.05) is 11.8 Å². The maximum Gasteiger partial charge on any atom is 0.156 e. The summed E-state index contributed by atoms with van der Waals surface area (Å²) in [5.74, 6) is 0.819. The van der Waals surface area contributed by atoms with Crippen LogP contribution in [-0.2, 0) is 0 Å². The highest BCUT2D eigenvalue weighted by atomic mass is 79.9. The second-order valence-corrected chi connectivity index (χ2v) is 4.63. The molecule has 0 spiro atoms. The molecule has 3 aromatic rings. The maximum atomic E-state index is 5.22. The largest absolute Gasteiger partial charge is 0.497 e. The molecule has 5 heteroatoms. The fourth-order valence-electron chi connectivity index (χ4n) is 1.79. The Bertz CT molecular complexity index is 708. The first kappa shape index (κ1) is 11.2. The van der Waals surface area contributed by atoms with Crippen LogP contribution in [-0.4, -0.2) is 21.5 Å². The van der Waals surface area contributed by atoms with Crippen molar-refractivity contribution in [2.75, 3.05) is 7.11 Å². The number of hydrogen-bond donors (Lipinski definition) is 0. The average molecular weight is 304 g/mol. The molecule has 0 bridgehead atoms. The van der Waals surface area contributed by atoms with Gasteiger partial charge in [0.15, 0.2) is 5.65 Å². The van der Waals surface area contributed by atoms with Crippen molar-refractivity contribution < 1.29 is 4.74 Å². The quantitative estimate of drug-likeness (QED) is 0.730. The summed E-state index contributed by atoms with van der Waals surface area (Å²) in [4.78, 5) is 8.62. The molecule has 3 rings (SSSR count). The number of benzene rings is 1. The van der Waals surface area contributed by atoms with E-state index in [1.165, 1.54) is 0 Å². The number of fused-ring (bicyclic) bond motifs is 1. The molecule has 2 aromatic heterocycles. The lowest BCUT2D eigenvalue weighted by atomic mass is 10.1. The van der Waals surface area contributed by atoms with Gasteiger partial charge < -0.3 is 4.74 Å². The fourth-order valence-corrected chi connectivity index (χ4v) is 2.18. The third kappa shape index (κ3) is 1.86. The average Bonchev–Trinajstić information content (AvgIpc) is 2.80. The number of hydrogen-bond acceptors (Lipinski definition) is 3. The number of rotatable bonds is 2. The zero-order valence-corrected chi connectivity index (χ0v) is 11.3. The van der Waals surface area contributed by atoms with Crippen LogP contribution in [0.2, 0.25) is 0 Å². The van der Waals surface area contributed by atoms with Gasteiger partial charge in [-0.1, -0.05) is 12.1 Å². The summed E-state index contributed by atoms with van der Waals surface area (Å²) in [6.45, 7) is 0. The molecular formula is C13H10BrN3O. The molecule has 0 aliphatic carbocycles. The van der Waals surface area contributed by atoms with Gasteiger partial charge in [0.1, 0.15) is 10.4 Å². The third-order valence-electron chi connectivity index (χ3n) is 2.72. The van der Waals surface area contributed by atoms with E-state index in [9.17, 15) is 0 Å². The van der Waals surface area contributed by atoms with Gasteiger partial charge in [0.25, 0.3) is 0 Å². The van der Waals surface area contributed by atoms with Crippen LogP contribution in [0.25, 0.3) is 16.9 Å². The van der Waals surface area contributed by atoms with Crippen molar-refractivity contribution in [3.05, 3.63) is 47.5 Å². The predicted molar refractivity (Wildman–Crippen MR) is 72.7 cm³/mol. The molecule has 0 aliphatic rings. The Hall–Kier alpha value is -1.88. The lowest BCUT2D eigenvalue weighted by Crippen LogP contribution is -1.91. The van der Waals surface area contributed by atoms with Gasteiger partial charge in [-0.2, -0.15) is 0 Å². The molecule has 0 radical (unpaired) electrons. The van der Waals surface area contributed by atoms with E-state index < -0.39 is 0 Å². The summed E-state index contributed by atoms with van der Waals surface area (Å²) >= 11 is 3.45. The van der Waals surface area contributed by atoms with Crippen molar-refractivity contribution in [1.29, 1.82) is 0 Å². The Labute approximate surface area is 112 Å². The first-order valence-corrected chi connectivity index (χ1v) is 6.20. The highest BCUT2D eigenvalue weighted by Gasteiger charge is 2.05. The normalized spacial score (nSPS) is 10.8. The lowest BCUT2D eigenvalue weighted by molar-refractivity contribution is 0.415. The number of ether oxygens (including phenoxy) is 1. The van der Waals surface area contributed by atoms with Gasteiger partial charge in [-0.3, -0.25) is 9.38 Å². The Morgan fingerprint density at radius 3 is 2.94 bits per heavy atom. The van der Waals surface area contributed by atoms with Crippen molar-refractivity contribution in [2.45, 2.75) is 0 Å². The standard InChI is InChI=1S/C13H10BrN3O/c1-18-10-4-2-3-9(5-10)11-8-17-12(14)6-16-13(17)7-15-11/h2-8H,1H3. The SMILES string of the molecule is COc1cccc(-c2cn3c(Br)cnc3cn2)c1. The Balaban J connectivity index is 2.15. The van der Waals surface area contributed by atoms with E-state index in [0.29, 0.717) is 0 Å². The Kier molecular flexibility index (Phi) is 2.76. The fraction of sp³-hybridized carbons (Fsp3) is 0.0769. The number of methoxy groups -OCH3 is 1. The monoisotopic (exact) mass is 303 g/mol. The Morgan fingerprint density at radius 2 is 2.11 bits per heavy atom. The van der Waals surface area contributed by atoms with Crippen molar-refractivity contribution in [1.82, 2.24) is 14.4 Å². The van der Waals surface area contributed by atoms with Crippen molar-refractivity contribution in [3.8, 4) is 17.0 Å². The van der Waals surface area contributed by atoms with Crippen LogP contribution in [0.3, 0.4) is 0 Å². The molecule has 0 saturated heterocycles. The van der Waals surface area contributed by atoms with Crippen molar-refractivity contribution in [3.63, 3.8) is 0 Å². The zero-order chi connectivity index (χ0) is 12.5. The minimum absolute atomic E-state index is 0.813.